The number of rotatable bonds is 5. The highest BCUT2D eigenvalue weighted by Crippen LogP contribution is 2.17. The predicted octanol–water partition coefficient (Wildman–Crippen LogP) is 2.59. The van der Waals surface area contributed by atoms with Crippen LogP contribution in [0.15, 0.2) is 35.1 Å². The molecule has 4 heteroatoms. The second-order valence-electron chi connectivity index (χ2n) is 5.83. The molecular formula is C17H23N3O. The number of aryl methyl sites for hydroxylation is 1. The minimum absolute atomic E-state index is 0.00564. The molecule has 0 fully saturated rings. The summed E-state index contributed by atoms with van der Waals surface area (Å²) in [7, 11) is 1.85. The topological polar surface area (TPSA) is 46.9 Å². The Morgan fingerprint density at radius 1 is 1.24 bits per heavy atom. The van der Waals surface area contributed by atoms with Gasteiger partial charge in [-0.25, -0.2) is 4.68 Å². The summed E-state index contributed by atoms with van der Waals surface area (Å²) >= 11 is 0. The first-order valence-electron chi connectivity index (χ1n) is 7.34. The van der Waals surface area contributed by atoms with Crippen molar-refractivity contribution in [2.75, 3.05) is 7.05 Å². The molecule has 1 aromatic heterocycles. The Balaban J connectivity index is 2.52. The molecule has 0 spiro atoms. The first-order valence-corrected chi connectivity index (χ1v) is 7.34. The van der Waals surface area contributed by atoms with Crippen LogP contribution >= 0.6 is 0 Å². The van der Waals surface area contributed by atoms with E-state index in [0.717, 1.165) is 16.8 Å². The van der Waals surface area contributed by atoms with Crippen LogP contribution in [0.1, 0.15) is 25.0 Å². The summed E-state index contributed by atoms with van der Waals surface area (Å²) in [4.78, 5) is 12.4. The molecule has 21 heavy (non-hydrogen) atoms. The molecule has 1 N–H and O–H groups in total. The van der Waals surface area contributed by atoms with Crippen molar-refractivity contribution < 1.29 is 0 Å². The highest BCUT2D eigenvalue weighted by atomic mass is 16.1. The summed E-state index contributed by atoms with van der Waals surface area (Å²) in [5.41, 5.74) is 3.85. The van der Waals surface area contributed by atoms with Crippen LogP contribution in [0.3, 0.4) is 0 Å². The SMILES string of the molecule is CNCc1cc(-c2ccc(C)cc2)nn(CC(C)C)c1=O. The van der Waals surface area contributed by atoms with Gasteiger partial charge in [0.25, 0.3) is 5.56 Å². The highest BCUT2D eigenvalue weighted by molar-refractivity contribution is 5.59. The van der Waals surface area contributed by atoms with E-state index in [-0.39, 0.29) is 5.56 Å². The van der Waals surface area contributed by atoms with Crippen molar-refractivity contribution in [1.29, 1.82) is 0 Å². The van der Waals surface area contributed by atoms with Crippen LogP contribution in [0.25, 0.3) is 11.3 Å². The van der Waals surface area contributed by atoms with Gasteiger partial charge in [-0.2, -0.15) is 5.10 Å². The normalized spacial score (nSPS) is 11.1. The standard InChI is InChI=1S/C17H23N3O/c1-12(2)11-20-17(21)15(10-18-4)9-16(19-20)14-7-5-13(3)6-8-14/h5-9,12,18H,10-11H2,1-4H3. The van der Waals surface area contributed by atoms with Gasteiger partial charge in [0.1, 0.15) is 0 Å². The maximum absolute atomic E-state index is 12.4. The predicted molar refractivity (Wildman–Crippen MR) is 86.3 cm³/mol. The lowest BCUT2D eigenvalue weighted by Gasteiger charge is -2.12. The zero-order valence-corrected chi connectivity index (χ0v) is 13.2. The third-order valence-electron chi connectivity index (χ3n) is 3.30. The number of nitrogens with zero attached hydrogens (tertiary/aromatic N) is 2. The Hall–Kier alpha value is -1.94. The fourth-order valence-electron chi connectivity index (χ4n) is 2.25. The van der Waals surface area contributed by atoms with Gasteiger partial charge < -0.3 is 5.32 Å². The molecule has 0 atom stereocenters. The van der Waals surface area contributed by atoms with Gasteiger partial charge in [-0.1, -0.05) is 43.7 Å². The van der Waals surface area contributed by atoms with E-state index < -0.39 is 0 Å². The molecule has 0 aliphatic carbocycles. The third kappa shape index (κ3) is 3.79. The monoisotopic (exact) mass is 285 g/mol. The van der Waals surface area contributed by atoms with Crippen LogP contribution in [-0.2, 0) is 13.1 Å². The van der Waals surface area contributed by atoms with E-state index in [1.165, 1.54) is 5.56 Å². The maximum Gasteiger partial charge on any atom is 0.271 e. The third-order valence-corrected chi connectivity index (χ3v) is 3.30. The molecule has 0 saturated carbocycles. The van der Waals surface area contributed by atoms with Crippen LogP contribution in [0, 0.1) is 12.8 Å². The van der Waals surface area contributed by atoms with Crippen LogP contribution < -0.4 is 10.9 Å². The maximum atomic E-state index is 12.4. The average molecular weight is 285 g/mol. The second kappa shape index (κ2) is 6.68. The lowest BCUT2D eigenvalue weighted by Crippen LogP contribution is -2.30. The van der Waals surface area contributed by atoms with Gasteiger partial charge in [0.05, 0.1) is 5.69 Å². The molecule has 1 aromatic carbocycles. The summed E-state index contributed by atoms with van der Waals surface area (Å²) in [5.74, 6) is 0.380. The molecule has 2 aromatic rings. The summed E-state index contributed by atoms with van der Waals surface area (Å²) in [5, 5.41) is 7.58. The fourth-order valence-corrected chi connectivity index (χ4v) is 2.25. The molecule has 0 amide bonds. The molecule has 112 valence electrons. The Kier molecular flexibility index (Phi) is 4.91. The van der Waals surface area contributed by atoms with Gasteiger partial charge in [0, 0.05) is 24.2 Å². The van der Waals surface area contributed by atoms with Crippen LogP contribution in [0.2, 0.25) is 0 Å². The molecule has 0 bridgehead atoms. The lowest BCUT2D eigenvalue weighted by molar-refractivity contribution is 0.461. The molecular weight excluding hydrogens is 262 g/mol. The van der Waals surface area contributed by atoms with Crippen molar-refractivity contribution >= 4 is 0 Å². The Bertz CT molecular complexity index is 657. The number of hydrogen-bond donors (Lipinski definition) is 1. The molecule has 4 nitrogen and oxygen atoms in total. The molecule has 0 aliphatic heterocycles. The summed E-state index contributed by atoms with van der Waals surface area (Å²) < 4.78 is 1.59. The molecule has 2 rings (SSSR count). The Labute approximate surface area is 125 Å². The van der Waals surface area contributed by atoms with Crippen molar-refractivity contribution in [1.82, 2.24) is 15.1 Å². The first-order chi connectivity index (χ1) is 10.0. The zero-order chi connectivity index (χ0) is 15.4. The van der Waals surface area contributed by atoms with E-state index in [1.807, 2.05) is 25.2 Å². The van der Waals surface area contributed by atoms with E-state index in [0.29, 0.717) is 19.0 Å². The van der Waals surface area contributed by atoms with Crippen LogP contribution in [0.5, 0.6) is 0 Å². The van der Waals surface area contributed by atoms with E-state index in [2.05, 4.69) is 43.3 Å². The molecule has 1 heterocycles. The largest absolute Gasteiger partial charge is 0.315 e. The Morgan fingerprint density at radius 3 is 2.48 bits per heavy atom. The molecule has 0 saturated heterocycles. The smallest absolute Gasteiger partial charge is 0.271 e. The first kappa shape index (κ1) is 15.4. The number of aromatic nitrogens is 2. The van der Waals surface area contributed by atoms with Crippen LogP contribution in [0.4, 0.5) is 0 Å². The Morgan fingerprint density at radius 2 is 1.90 bits per heavy atom. The van der Waals surface area contributed by atoms with Crippen molar-refractivity contribution in [3.63, 3.8) is 0 Å². The van der Waals surface area contributed by atoms with Crippen molar-refractivity contribution in [2.24, 2.45) is 5.92 Å². The summed E-state index contributed by atoms with van der Waals surface area (Å²) in [6.07, 6.45) is 0. The minimum atomic E-state index is -0.00564. The molecule has 0 radical (unpaired) electrons. The van der Waals surface area contributed by atoms with Gasteiger partial charge in [0.2, 0.25) is 0 Å². The van der Waals surface area contributed by atoms with E-state index in [9.17, 15) is 4.79 Å². The molecule has 0 unspecified atom stereocenters. The lowest BCUT2D eigenvalue weighted by atomic mass is 10.1. The number of nitrogens with one attached hydrogen (secondary N) is 1. The van der Waals surface area contributed by atoms with E-state index >= 15 is 0 Å². The minimum Gasteiger partial charge on any atom is -0.315 e. The second-order valence-corrected chi connectivity index (χ2v) is 5.83. The quantitative estimate of drug-likeness (QED) is 0.918. The molecule has 0 aliphatic rings. The average Bonchev–Trinajstić information content (AvgIpc) is 2.43. The summed E-state index contributed by atoms with van der Waals surface area (Å²) in [6.45, 7) is 7.42. The van der Waals surface area contributed by atoms with E-state index in [4.69, 9.17) is 0 Å². The van der Waals surface area contributed by atoms with Crippen LogP contribution in [-0.4, -0.2) is 16.8 Å². The number of benzene rings is 1. The van der Waals surface area contributed by atoms with Gasteiger partial charge >= 0.3 is 0 Å². The number of hydrogen-bond acceptors (Lipinski definition) is 3. The van der Waals surface area contributed by atoms with Gasteiger partial charge in [-0.15, -0.1) is 0 Å². The van der Waals surface area contributed by atoms with Crippen molar-refractivity contribution in [3.05, 3.63) is 51.8 Å². The van der Waals surface area contributed by atoms with Gasteiger partial charge in [-0.05, 0) is 26.0 Å². The van der Waals surface area contributed by atoms with Gasteiger partial charge in [-0.3, -0.25) is 4.79 Å². The van der Waals surface area contributed by atoms with E-state index in [1.54, 1.807) is 4.68 Å². The zero-order valence-electron chi connectivity index (χ0n) is 13.2. The fraction of sp³-hybridized carbons (Fsp3) is 0.412. The van der Waals surface area contributed by atoms with Crippen molar-refractivity contribution in [2.45, 2.75) is 33.9 Å². The van der Waals surface area contributed by atoms with Gasteiger partial charge in [0.15, 0.2) is 0 Å². The van der Waals surface area contributed by atoms with Crippen molar-refractivity contribution in [3.8, 4) is 11.3 Å². The highest BCUT2D eigenvalue weighted by Gasteiger charge is 2.10. The summed E-state index contributed by atoms with van der Waals surface area (Å²) in [6, 6.07) is 10.1.